The zero-order valence-electron chi connectivity index (χ0n) is 12.2. The first-order valence-corrected chi connectivity index (χ1v) is 7.44. The third-order valence-corrected chi connectivity index (χ3v) is 4.31. The first-order chi connectivity index (χ1) is 9.19. The number of rotatable bonds is 6. The highest BCUT2D eigenvalue weighted by atomic mass is 16.5. The van der Waals surface area contributed by atoms with Crippen LogP contribution in [-0.4, -0.2) is 74.8 Å². The molecule has 0 aromatic heterocycles. The summed E-state index contributed by atoms with van der Waals surface area (Å²) >= 11 is 0. The van der Waals surface area contributed by atoms with Crippen LogP contribution in [0.4, 0.5) is 0 Å². The van der Waals surface area contributed by atoms with Crippen LogP contribution in [0, 0.1) is 5.41 Å². The fourth-order valence-electron chi connectivity index (χ4n) is 3.00. The molecule has 2 aliphatic rings. The zero-order valence-corrected chi connectivity index (χ0v) is 12.2. The van der Waals surface area contributed by atoms with E-state index in [1.165, 1.54) is 0 Å². The van der Waals surface area contributed by atoms with E-state index in [0.29, 0.717) is 12.6 Å². The van der Waals surface area contributed by atoms with Gasteiger partial charge < -0.3 is 19.9 Å². The van der Waals surface area contributed by atoms with E-state index in [1.54, 1.807) is 0 Å². The normalized spacial score (nSPS) is 36.8. The van der Waals surface area contributed by atoms with Gasteiger partial charge in [-0.15, -0.1) is 0 Å². The van der Waals surface area contributed by atoms with Crippen molar-refractivity contribution in [1.29, 1.82) is 0 Å². The highest BCUT2D eigenvalue weighted by Gasteiger charge is 2.39. The van der Waals surface area contributed by atoms with E-state index >= 15 is 0 Å². The van der Waals surface area contributed by atoms with Gasteiger partial charge in [0.2, 0.25) is 0 Å². The standard InChI is InChI=1S/C14H28N2O3/c1-3-15-9-14(4-5-18-11-14)10-16-6-13(7-17)19-8-12(16)2/h12-13,15,17H,3-11H2,1-2H3. The topological polar surface area (TPSA) is 54.0 Å². The number of hydrogen-bond acceptors (Lipinski definition) is 5. The van der Waals surface area contributed by atoms with Crippen molar-refractivity contribution in [2.45, 2.75) is 32.4 Å². The molecule has 2 aliphatic heterocycles. The molecule has 0 amide bonds. The molecule has 3 atom stereocenters. The van der Waals surface area contributed by atoms with Gasteiger partial charge in [0.15, 0.2) is 0 Å². The molecule has 112 valence electrons. The lowest BCUT2D eigenvalue weighted by Crippen LogP contribution is -2.54. The average Bonchev–Trinajstić information content (AvgIpc) is 2.88. The van der Waals surface area contributed by atoms with Gasteiger partial charge in [0, 0.05) is 37.7 Å². The Kier molecular flexibility index (Phi) is 5.59. The van der Waals surface area contributed by atoms with Crippen LogP contribution >= 0.6 is 0 Å². The molecule has 0 aromatic rings. The zero-order chi connectivity index (χ0) is 13.7. The summed E-state index contributed by atoms with van der Waals surface area (Å²) in [5.74, 6) is 0. The molecule has 2 heterocycles. The van der Waals surface area contributed by atoms with Gasteiger partial charge in [-0.05, 0) is 19.9 Å². The summed E-state index contributed by atoms with van der Waals surface area (Å²) in [4.78, 5) is 2.45. The van der Waals surface area contributed by atoms with Gasteiger partial charge in [-0.1, -0.05) is 6.92 Å². The summed E-state index contributed by atoms with van der Waals surface area (Å²) < 4.78 is 11.2. The first-order valence-electron chi connectivity index (χ1n) is 7.44. The smallest absolute Gasteiger partial charge is 0.0933 e. The fourth-order valence-corrected chi connectivity index (χ4v) is 3.00. The first kappa shape index (κ1) is 15.2. The molecule has 5 heteroatoms. The second-order valence-electron chi connectivity index (χ2n) is 6.00. The number of aliphatic hydroxyl groups excluding tert-OH is 1. The maximum atomic E-state index is 9.27. The van der Waals surface area contributed by atoms with Crippen LogP contribution in [0.1, 0.15) is 20.3 Å². The Labute approximate surface area is 116 Å². The Balaban J connectivity index is 1.95. The number of ether oxygens (including phenoxy) is 2. The molecule has 19 heavy (non-hydrogen) atoms. The molecular weight excluding hydrogens is 244 g/mol. The molecule has 0 aromatic carbocycles. The minimum atomic E-state index is -0.0327. The molecule has 3 unspecified atom stereocenters. The van der Waals surface area contributed by atoms with Crippen LogP contribution in [0.5, 0.6) is 0 Å². The molecule has 0 aliphatic carbocycles. The molecule has 2 N–H and O–H groups in total. The van der Waals surface area contributed by atoms with Crippen LogP contribution in [-0.2, 0) is 9.47 Å². The maximum absolute atomic E-state index is 9.27. The largest absolute Gasteiger partial charge is 0.394 e. The van der Waals surface area contributed by atoms with Crippen LogP contribution in [0.15, 0.2) is 0 Å². The number of hydrogen-bond donors (Lipinski definition) is 2. The van der Waals surface area contributed by atoms with Crippen molar-refractivity contribution in [3.63, 3.8) is 0 Å². The van der Waals surface area contributed by atoms with E-state index in [0.717, 1.165) is 45.8 Å². The van der Waals surface area contributed by atoms with Crippen molar-refractivity contribution in [1.82, 2.24) is 10.2 Å². The number of morpholine rings is 1. The summed E-state index contributed by atoms with van der Waals surface area (Å²) in [7, 11) is 0. The third kappa shape index (κ3) is 3.89. The molecule has 2 saturated heterocycles. The van der Waals surface area contributed by atoms with Crippen LogP contribution in [0.3, 0.4) is 0 Å². The van der Waals surface area contributed by atoms with Gasteiger partial charge in [0.25, 0.3) is 0 Å². The summed E-state index contributed by atoms with van der Waals surface area (Å²) in [5.41, 5.74) is 0.224. The Hall–Kier alpha value is -0.200. The Morgan fingerprint density at radius 3 is 2.95 bits per heavy atom. The van der Waals surface area contributed by atoms with E-state index < -0.39 is 0 Å². The number of aliphatic hydroxyl groups is 1. The molecule has 5 nitrogen and oxygen atoms in total. The molecule has 0 spiro atoms. The van der Waals surface area contributed by atoms with Crippen molar-refractivity contribution in [2.24, 2.45) is 5.41 Å². The van der Waals surface area contributed by atoms with Gasteiger partial charge >= 0.3 is 0 Å². The van der Waals surface area contributed by atoms with Gasteiger partial charge in [-0.3, -0.25) is 4.90 Å². The van der Waals surface area contributed by atoms with Crippen LogP contribution in [0.25, 0.3) is 0 Å². The van der Waals surface area contributed by atoms with Gasteiger partial charge in [0.05, 0.1) is 25.9 Å². The SMILES string of the molecule is CCNCC1(CN2CC(CO)OCC2C)CCOC1. The van der Waals surface area contributed by atoms with E-state index in [-0.39, 0.29) is 18.1 Å². The predicted octanol–water partition coefficient (Wildman–Crippen LogP) is 0.0842. The quantitative estimate of drug-likeness (QED) is 0.717. The lowest BCUT2D eigenvalue weighted by molar-refractivity contribution is -0.0883. The van der Waals surface area contributed by atoms with Crippen molar-refractivity contribution in [2.75, 3.05) is 52.6 Å². The highest BCUT2D eigenvalue weighted by Crippen LogP contribution is 2.30. The second kappa shape index (κ2) is 6.99. The van der Waals surface area contributed by atoms with Crippen molar-refractivity contribution >= 4 is 0 Å². The Bertz CT molecular complexity index is 269. The molecule has 0 bridgehead atoms. The van der Waals surface area contributed by atoms with E-state index in [4.69, 9.17) is 9.47 Å². The molecule has 0 saturated carbocycles. The second-order valence-corrected chi connectivity index (χ2v) is 6.00. The van der Waals surface area contributed by atoms with Gasteiger partial charge in [0.1, 0.15) is 0 Å². The fraction of sp³-hybridized carbons (Fsp3) is 1.00. The molecular formula is C14H28N2O3. The summed E-state index contributed by atoms with van der Waals surface area (Å²) in [6.07, 6.45) is 1.09. The summed E-state index contributed by atoms with van der Waals surface area (Å²) in [6, 6.07) is 0.418. The minimum Gasteiger partial charge on any atom is -0.394 e. The predicted molar refractivity (Wildman–Crippen MR) is 74.3 cm³/mol. The van der Waals surface area contributed by atoms with E-state index in [2.05, 4.69) is 24.1 Å². The molecule has 2 rings (SSSR count). The van der Waals surface area contributed by atoms with Gasteiger partial charge in [-0.2, -0.15) is 0 Å². The van der Waals surface area contributed by atoms with Gasteiger partial charge in [-0.25, -0.2) is 0 Å². The summed E-state index contributed by atoms with van der Waals surface area (Å²) in [6.45, 7) is 10.7. The van der Waals surface area contributed by atoms with Crippen LogP contribution < -0.4 is 5.32 Å². The molecule has 0 radical (unpaired) electrons. The number of nitrogens with one attached hydrogen (secondary N) is 1. The lowest BCUT2D eigenvalue weighted by atomic mass is 9.85. The number of nitrogens with zero attached hydrogens (tertiary/aromatic N) is 1. The monoisotopic (exact) mass is 272 g/mol. The third-order valence-electron chi connectivity index (χ3n) is 4.31. The Morgan fingerprint density at radius 1 is 1.47 bits per heavy atom. The minimum absolute atomic E-state index is 0.0327. The lowest BCUT2D eigenvalue weighted by Gasteiger charge is -2.42. The van der Waals surface area contributed by atoms with Crippen molar-refractivity contribution in [3.05, 3.63) is 0 Å². The molecule has 2 fully saturated rings. The van der Waals surface area contributed by atoms with Crippen molar-refractivity contribution < 1.29 is 14.6 Å². The van der Waals surface area contributed by atoms with Crippen LogP contribution in [0.2, 0.25) is 0 Å². The highest BCUT2D eigenvalue weighted by molar-refractivity contribution is 4.91. The average molecular weight is 272 g/mol. The van der Waals surface area contributed by atoms with E-state index in [9.17, 15) is 5.11 Å². The Morgan fingerprint density at radius 2 is 2.32 bits per heavy atom. The van der Waals surface area contributed by atoms with Crippen molar-refractivity contribution in [3.8, 4) is 0 Å². The van der Waals surface area contributed by atoms with E-state index in [1.807, 2.05) is 0 Å². The maximum Gasteiger partial charge on any atom is 0.0933 e. The summed E-state index contributed by atoms with van der Waals surface area (Å²) in [5, 5.41) is 12.7.